The van der Waals surface area contributed by atoms with E-state index in [2.05, 4.69) is 13.7 Å². The van der Waals surface area contributed by atoms with E-state index in [0.717, 1.165) is 0 Å². The first kappa shape index (κ1) is 8.29. The van der Waals surface area contributed by atoms with Gasteiger partial charge in [-0.25, -0.2) is 4.21 Å². The van der Waals surface area contributed by atoms with Crippen LogP contribution >= 0.6 is 0 Å². The normalized spacial score (nSPS) is 11.8. The van der Waals surface area contributed by atoms with Crippen LogP contribution in [0.4, 0.5) is 0 Å². The Morgan fingerprint density at radius 3 is 2.33 bits per heavy atom. The lowest BCUT2D eigenvalue weighted by atomic mass is 11.4. The number of rotatable bonds is 1. The van der Waals surface area contributed by atoms with Gasteiger partial charge in [-0.15, -0.1) is 4.79 Å². The maximum absolute atomic E-state index is 10.4. The quantitative estimate of drug-likeness (QED) is 0.219. The largest absolute Gasteiger partial charge is 0.569 e. The van der Waals surface area contributed by atoms with Gasteiger partial charge in [0.15, 0.2) is 0 Å². The van der Waals surface area contributed by atoms with Crippen molar-refractivity contribution in [2.24, 2.45) is 0 Å². The lowest BCUT2D eigenvalue weighted by Crippen LogP contribution is -2.11. The minimum absolute atomic E-state index is 0.350. The Balaban J connectivity index is 4.14. The van der Waals surface area contributed by atoms with E-state index in [1.165, 1.54) is 14.2 Å². The predicted molar refractivity (Wildman–Crippen MR) is 30.8 cm³/mol. The van der Waals surface area contributed by atoms with Crippen LogP contribution in [0, 0.1) is 0 Å². The molecule has 0 heterocycles. The van der Waals surface area contributed by atoms with Crippen LogP contribution in [0.1, 0.15) is 0 Å². The Morgan fingerprint density at radius 1 is 1.67 bits per heavy atom. The number of hydrogen-bond acceptors (Lipinski definition) is 3. The molecule has 6 heteroatoms. The number of nitrogens with zero attached hydrogens (tertiary/aromatic N) is 2. The molecule has 0 aromatic rings. The minimum atomic E-state index is -1.79. The highest BCUT2D eigenvalue weighted by Crippen LogP contribution is 1.83. The number of hydrogen-bond donors (Lipinski definition) is 0. The second kappa shape index (κ2) is 4.20. The second-order valence-corrected chi connectivity index (χ2v) is 2.12. The molecule has 0 saturated carbocycles. The van der Waals surface area contributed by atoms with Crippen molar-refractivity contribution in [1.82, 2.24) is 0 Å². The number of ether oxygens (including phenoxy) is 1. The molecule has 9 heavy (non-hydrogen) atoms. The van der Waals surface area contributed by atoms with Crippen LogP contribution < -0.4 is 0 Å². The smallest absolute Gasteiger partial charge is 0.427 e. The van der Waals surface area contributed by atoms with Crippen molar-refractivity contribution in [3.05, 3.63) is 5.53 Å². The maximum Gasteiger partial charge on any atom is 0.569 e. The highest BCUT2D eigenvalue weighted by atomic mass is 32.2. The third-order valence-corrected chi connectivity index (χ3v) is 1.39. The third kappa shape index (κ3) is 2.36. The van der Waals surface area contributed by atoms with Gasteiger partial charge in [-0.3, -0.25) is 4.18 Å². The van der Waals surface area contributed by atoms with E-state index in [1.807, 2.05) is 0 Å². The molecule has 1 unspecified atom stereocenters. The van der Waals surface area contributed by atoms with Crippen LogP contribution in [0.5, 0.6) is 0 Å². The van der Waals surface area contributed by atoms with Crippen LogP contribution in [-0.4, -0.2) is 28.4 Å². The van der Waals surface area contributed by atoms with E-state index < -0.39 is 11.1 Å². The summed E-state index contributed by atoms with van der Waals surface area (Å²) in [7, 11) is 2.44. The molecule has 0 rings (SSSR count). The zero-order chi connectivity index (χ0) is 7.28. The summed E-state index contributed by atoms with van der Waals surface area (Å²) in [5.41, 5.74) is 8.02. The van der Waals surface area contributed by atoms with Crippen molar-refractivity contribution in [3.8, 4) is 0 Å². The summed E-state index contributed by atoms with van der Waals surface area (Å²) in [6, 6.07) is 0. The highest BCUT2D eigenvalue weighted by Gasteiger charge is 2.17. The average molecular weight is 150 g/mol. The van der Waals surface area contributed by atoms with Gasteiger partial charge in [0, 0.05) is 0 Å². The first-order chi connectivity index (χ1) is 4.26. The molecule has 0 aliphatic heterocycles. The zero-order valence-electron chi connectivity index (χ0n) is 5.03. The van der Waals surface area contributed by atoms with Gasteiger partial charge in [0.1, 0.15) is 0 Å². The monoisotopic (exact) mass is 150 g/mol. The lowest BCUT2D eigenvalue weighted by Gasteiger charge is -1.88. The van der Waals surface area contributed by atoms with Crippen LogP contribution in [0.3, 0.4) is 0 Å². The molecule has 52 valence electrons. The van der Waals surface area contributed by atoms with Gasteiger partial charge in [-0.05, 0) is 0 Å². The van der Waals surface area contributed by atoms with Crippen molar-refractivity contribution in [2.45, 2.75) is 0 Å². The molecule has 1 atom stereocenters. The Bertz CT molecular complexity index is 162. The van der Waals surface area contributed by atoms with Crippen molar-refractivity contribution in [1.29, 1.82) is 0 Å². The fourth-order valence-corrected chi connectivity index (χ4v) is 0.559. The van der Waals surface area contributed by atoms with Crippen molar-refractivity contribution < 1.29 is 17.9 Å². The first-order valence-electron chi connectivity index (χ1n) is 1.98. The summed E-state index contributed by atoms with van der Waals surface area (Å²) >= 11 is -1.79. The maximum atomic E-state index is 10.4. The van der Waals surface area contributed by atoms with E-state index in [9.17, 15) is 4.21 Å². The molecule has 0 bridgehead atoms. The molecule has 0 N–H and O–H groups in total. The Morgan fingerprint density at radius 2 is 2.22 bits per heavy atom. The highest BCUT2D eigenvalue weighted by molar-refractivity contribution is 7.95. The van der Waals surface area contributed by atoms with E-state index in [1.54, 1.807) is 0 Å². The molecule has 5 nitrogen and oxygen atoms in total. The van der Waals surface area contributed by atoms with Gasteiger partial charge < -0.3 is 10.3 Å². The van der Waals surface area contributed by atoms with Gasteiger partial charge >= 0.3 is 16.3 Å². The van der Waals surface area contributed by atoms with Crippen LogP contribution in [0.2, 0.25) is 0 Å². The molecule has 0 spiro atoms. The molecule has 0 saturated heterocycles. The SMILES string of the molecule is COC(=[N+]=[N-])S(=O)OC. The molecule has 0 fully saturated rings. The molecular weight excluding hydrogens is 144 g/mol. The molecule has 0 aromatic carbocycles. The predicted octanol–water partition coefficient (Wildman–Crippen LogP) is -0.471. The molecule has 0 aliphatic rings. The van der Waals surface area contributed by atoms with Gasteiger partial charge in [0.2, 0.25) is 0 Å². The van der Waals surface area contributed by atoms with E-state index >= 15 is 0 Å². The van der Waals surface area contributed by atoms with Gasteiger partial charge in [-0.2, -0.15) is 0 Å². The summed E-state index contributed by atoms with van der Waals surface area (Å²) < 4.78 is 19.0. The van der Waals surface area contributed by atoms with Crippen LogP contribution in [0.15, 0.2) is 0 Å². The summed E-state index contributed by atoms with van der Waals surface area (Å²) in [6.07, 6.45) is 0. The second-order valence-electron chi connectivity index (χ2n) is 0.971. The Kier molecular flexibility index (Phi) is 3.87. The first-order valence-corrected chi connectivity index (χ1v) is 3.06. The fraction of sp³-hybridized carbons (Fsp3) is 0.667. The van der Waals surface area contributed by atoms with Gasteiger partial charge in [0.25, 0.3) is 0 Å². The van der Waals surface area contributed by atoms with Crippen LogP contribution in [-0.2, 0) is 20.0 Å². The minimum Gasteiger partial charge on any atom is -0.427 e. The van der Waals surface area contributed by atoms with E-state index in [-0.39, 0.29) is 5.23 Å². The van der Waals surface area contributed by atoms with Gasteiger partial charge in [-0.1, -0.05) is 0 Å². The zero-order valence-corrected chi connectivity index (χ0v) is 5.84. The van der Waals surface area contributed by atoms with Crippen molar-refractivity contribution >= 4 is 16.3 Å². The molecule has 0 amide bonds. The Labute approximate surface area is 54.9 Å². The fourth-order valence-electron chi connectivity index (χ4n) is 0.213. The molecular formula is C3H6N2O3S. The molecule has 0 radical (unpaired) electrons. The standard InChI is InChI=1S/C3H6N2O3S/c1-7-3(5-4)9(6)8-2/h1-2H3. The number of methoxy groups -OCH3 is 1. The average Bonchev–Trinajstić information content (AvgIpc) is 1.90. The third-order valence-electron chi connectivity index (χ3n) is 0.550. The summed E-state index contributed by atoms with van der Waals surface area (Å²) in [6.45, 7) is 0. The van der Waals surface area contributed by atoms with Crippen LogP contribution in [0.25, 0.3) is 5.53 Å². The van der Waals surface area contributed by atoms with Gasteiger partial charge in [0.05, 0.1) is 14.2 Å². The van der Waals surface area contributed by atoms with E-state index in [0.29, 0.717) is 0 Å². The van der Waals surface area contributed by atoms with E-state index in [4.69, 9.17) is 5.53 Å². The topological polar surface area (TPSA) is 71.9 Å². The molecule has 0 aliphatic carbocycles. The summed E-state index contributed by atoms with van der Waals surface area (Å²) in [5.74, 6) is 0. The lowest BCUT2D eigenvalue weighted by molar-refractivity contribution is -0.0286. The van der Waals surface area contributed by atoms with Crippen molar-refractivity contribution in [2.75, 3.05) is 14.2 Å². The Hall–Kier alpha value is -0.710. The summed E-state index contributed by atoms with van der Waals surface area (Å²) in [4.78, 5) is 2.55. The van der Waals surface area contributed by atoms with Crippen molar-refractivity contribution in [3.63, 3.8) is 0 Å². The summed E-state index contributed by atoms with van der Waals surface area (Å²) in [5, 5.41) is -0.350. The molecule has 0 aromatic heterocycles.